The Kier molecular flexibility index (Phi) is 21.9. The highest BCUT2D eigenvalue weighted by molar-refractivity contribution is 5.80. The van der Waals surface area contributed by atoms with Gasteiger partial charge in [0.25, 0.3) is 0 Å². The predicted molar refractivity (Wildman–Crippen MR) is 303 cm³/mol. The average Bonchev–Trinajstić information content (AvgIpc) is 4.07. The zero-order valence-electron chi connectivity index (χ0n) is 48.2. The summed E-state index contributed by atoms with van der Waals surface area (Å²) in [6.45, 7) is 14.6. The largest absolute Gasteiger partial charge is 0.497 e. The molecule has 1 aliphatic heterocycles. The molecule has 2 N–H and O–H groups in total. The smallest absolute Gasteiger partial charge is 0.407 e. The lowest BCUT2D eigenvalue weighted by atomic mass is 9.47. The number of rotatable bonds is 24. The molecule has 4 aliphatic carbocycles. The van der Waals surface area contributed by atoms with Crippen molar-refractivity contribution in [1.82, 2.24) is 15.8 Å². The molecule has 10 unspecified atom stereocenters. The van der Waals surface area contributed by atoms with E-state index in [1.807, 2.05) is 85.9 Å². The summed E-state index contributed by atoms with van der Waals surface area (Å²) in [7, 11) is 5.21. The van der Waals surface area contributed by atoms with Crippen molar-refractivity contribution in [1.29, 1.82) is 0 Å². The standard InChI is InChI=1S/C34H57NO3.C31H35FN2O6/c1-24(2)11-10-12-25(3)29-15-16-30-28-14-13-26-23-27(38-32(37)35-21-8-6-7-9-22-36)17-19-33(26,4)31(28)18-20-34(29,30)5;1-34-19-22(28(20-34)40-30(36)18-17-29(35)33-32)21-39-31(23-7-5-4-6-8-23,24-9-13-26(37-2)14-10-24)25-11-15-27(38-3)16-12-25/h13,22,24-25,27-31H,6-12,14-21,23H2,1-5H3,(H,35,37);4-16,22,28H,17-21H2,1-3H3,(H,33,35). The van der Waals surface area contributed by atoms with Gasteiger partial charge in [0.15, 0.2) is 0 Å². The molecule has 5 aliphatic rings. The number of aldehydes is 1. The van der Waals surface area contributed by atoms with E-state index in [1.54, 1.807) is 19.8 Å². The van der Waals surface area contributed by atoms with Crippen molar-refractivity contribution in [3.05, 3.63) is 107 Å². The molecule has 0 aromatic heterocycles. The number of halogens is 1. The maximum Gasteiger partial charge on any atom is 0.407 e. The fourth-order valence-electron chi connectivity index (χ4n) is 14.8. The Morgan fingerprint density at radius 3 is 2.10 bits per heavy atom. The van der Waals surface area contributed by atoms with Crippen LogP contribution >= 0.6 is 0 Å². The van der Waals surface area contributed by atoms with Crippen molar-refractivity contribution in [2.45, 2.75) is 162 Å². The number of carbonyl (C=O) groups excluding carboxylic acids is 4. The Morgan fingerprint density at radius 2 is 1.46 bits per heavy atom. The molecule has 3 saturated carbocycles. The number of hydrogen-bond donors (Lipinski definition) is 2. The van der Waals surface area contributed by atoms with Crippen LogP contribution in [0.25, 0.3) is 0 Å². The molecule has 1 saturated heterocycles. The second-order valence-electron chi connectivity index (χ2n) is 24.3. The van der Waals surface area contributed by atoms with Gasteiger partial charge in [-0.15, -0.1) is 4.48 Å². The molecule has 78 heavy (non-hydrogen) atoms. The highest BCUT2D eigenvalue weighted by atomic mass is 19.2. The third-order valence-electron chi connectivity index (χ3n) is 19.0. The number of unbranched alkanes of at least 4 members (excludes halogenated alkanes) is 3. The summed E-state index contributed by atoms with van der Waals surface area (Å²) in [5, 5.41) is 2.93. The van der Waals surface area contributed by atoms with Crippen LogP contribution in [0.4, 0.5) is 9.28 Å². The van der Waals surface area contributed by atoms with Crippen LogP contribution in [0, 0.1) is 52.3 Å². The fraction of sp³-hybridized carbons (Fsp3) is 0.631. The van der Waals surface area contributed by atoms with E-state index in [0.29, 0.717) is 36.9 Å². The van der Waals surface area contributed by atoms with E-state index in [9.17, 15) is 23.7 Å². The van der Waals surface area contributed by atoms with Crippen molar-refractivity contribution in [2.75, 3.05) is 47.5 Å². The minimum Gasteiger partial charge on any atom is -0.497 e. The number of carbonyl (C=O) groups is 4. The lowest BCUT2D eigenvalue weighted by molar-refractivity contribution is -0.153. The van der Waals surface area contributed by atoms with Crippen LogP contribution in [0.2, 0.25) is 0 Å². The van der Waals surface area contributed by atoms with Gasteiger partial charge >= 0.3 is 12.1 Å². The Morgan fingerprint density at radius 1 is 0.782 bits per heavy atom. The first-order valence-corrected chi connectivity index (χ1v) is 29.4. The molecular weight excluding hydrogens is 986 g/mol. The van der Waals surface area contributed by atoms with Crippen LogP contribution in [-0.2, 0) is 34.2 Å². The third-order valence-corrected chi connectivity index (χ3v) is 19.0. The quantitative estimate of drug-likeness (QED) is 0.0222. The second kappa shape index (κ2) is 28.2. The number of allylic oxidation sites excluding steroid dienone is 1. The summed E-state index contributed by atoms with van der Waals surface area (Å²) in [5.41, 5.74) is 5.19. The first-order chi connectivity index (χ1) is 37.6. The molecule has 0 bridgehead atoms. The maximum absolute atomic E-state index is 12.5. The van der Waals surface area contributed by atoms with Gasteiger partial charge in [-0.3, -0.25) is 9.59 Å². The molecule has 8 rings (SSSR count). The van der Waals surface area contributed by atoms with Crippen molar-refractivity contribution in [2.24, 2.45) is 52.3 Å². The first-order valence-electron chi connectivity index (χ1n) is 29.4. The second-order valence-corrected chi connectivity index (χ2v) is 24.3. The summed E-state index contributed by atoms with van der Waals surface area (Å²) < 4.78 is 41.7. The summed E-state index contributed by atoms with van der Waals surface area (Å²) in [5.74, 6) is 5.05. The van der Waals surface area contributed by atoms with Gasteiger partial charge in [0.05, 0.1) is 27.2 Å². The van der Waals surface area contributed by atoms with Crippen molar-refractivity contribution < 1.29 is 47.3 Å². The molecule has 3 aromatic rings. The Balaban J connectivity index is 0.000000226. The van der Waals surface area contributed by atoms with Crippen LogP contribution in [-0.4, -0.2) is 88.9 Å². The number of amides is 2. The summed E-state index contributed by atoms with van der Waals surface area (Å²) in [6, 6.07) is 25.5. The van der Waals surface area contributed by atoms with E-state index in [-0.39, 0.29) is 37.6 Å². The van der Waals surface area contributed by atoms with Gasteiger partial charge in [0, 0.05) is 44.8 Å². The Bertz CT molecular complexity index is 2370. The van der Waals surface area contributed by atoms with Gasteiger partial charge in [-0.1, -0.05) is 127 Å². The number of nitrogens with zero attached hydrogens (tertiary/aromatic N) is 1. The zero-order chi connectivity index (χ0) is 55.9. The molecule has 428 valence electrons. The van der Waals surface area contributed by atoms with E-state index >= 15 is 0 Å². The van der Waals surface area contributed by atoms with Gasteiger partial charge in [-0.05, 0) is 152 Å². The van der Waals surface area contributed by atoms with Crippen LogP contribution in [0.3, 0.4) is 0 Å². The number of hydrogen-bond acceptors (Lipinski definition) is 10. The summed E-state index contributed by atoms with van der Waals surface area (Å²) in [6.07, 6.45) is 19.9. The predicted octanol–water partition coefficient (Wildman–Crippen LogP) is 13.1. The molecule has 12 nitrogen and oxygen atoms in total. The average molecular weight is 1080 g/mol. The normalized spacial score (nSPS) is 26.9. The number of nitrogens with one attached hydrogen (secondary N) is 2. The number of esters is 1. The van der Waals surface area contributed by atoms with Gasteiger partial charge in [-0.25, -0.2) is 4.79 Å². The maximum atomic E-state index is 12.5. The minimum atomic E-state index is -0.991. The number of alkyl carbamates (subject to hydrolysis) is 1. The van der Waals surface area contributed by atoms with E-state index < -0.39 is 23.6 Å². The molecule has 3 aromatic carbocycles. The van der Waals surface area contributed by atoms with E-state index in [1.165, 1.54) is 51.4 Å². The van der Waals surface area contributed by atoms with E-state index in [0.717, 1.165) is 114 Å². The third kappa shape index (κ3) is 14.6. The van der Waals surface area contributed by atoms with Crippen molar-refractivity contribution >= 4 is 24.3 Å². The summed E-state index contributed by atoms with van der Waals surface area (Å²) in [4.78, 5) is 48.6. The minimum absolute atomic E-state index is 0.0114. The highest BCUT2D eigenvalue weighted by Gasteiger charge is 2.59. The lowest BCUT2D eigenvalue weighted by Gasteiger charge is -2.58. The van der Waals surface area contributed by atoms with Crippen molar-refractivity contribution in [3.63, 3.8) is 0 Å². The molecular formula is C65H92FN3O9. The van der Waals surface area contributed by atoms with Gasteiger partial charge < -0.3 is 38.7 Å². The summed E-state index contributed by atoms with van der Waals surface area (Å²) >= 11 is 0. The topological polar surface area (TPSA) is 142 Å². The monoisotopic (exact) mass is 1080 g/mol. The SMILES string of the molecule is CC(C)CCCC(C)C1CCC2C3CC=C4CC(OC(=O)NCCCCCC=O)CCC4(C)C3CCC12C.COc1ccc(C(OCC2CN(C)CC2OC(=O)CCC(=O)NF)(c2ccccc2)c2ccc(OC)cc2)cc1. The highest BCUT2D eigenvalue weighted by Crippen LogP contribution is 2.67. The van der Waals surface area contributed by atoms with Gasteiger partial charge in [0.2, 0.25) is 5.91 Å². The van der Waals surface area contributed by atoms with Crippen LogP contribution < -0.4 is 20.3 Å². The van der Waals surface area contributed by atoms with Crippen molar-refractivity contribution in [3.8, 4) is 11.5 Å². The molecule has 1 heterocycles. The number of methoxy groups -OCH3 is 2. The van der Waals surface area contributed by atoms with Crippen LogP contribution in [0.15, 0.2) is 90.5 Å². The molecule has 4 fully saturated rings. The zero-order valence-corrected chi connectivity index (χ0v) is 48.2. The van der Waals surface area contributed by atoms with Gasteiger partial charge in [0.1, 0.15) is 35.6 Å². The molecule has 0 radical (unpaired) electrons. The molecule has 10 atom stereocenters. The first kappa shape index (κ1) is 60.4. The molecule has 2 amide bonds. The molecule has 13 heteroatoms. The number of benzene rings is 3. The molecule has 0 spiro atoms. The number of likely N-dealkylation sites (tertiary alicyclic amines) is 1. The van der Waals surface area contributed by atoms with Gasteiger partial charge in [-0.2, -0.15) is 5.54 Å². The Labute approximate surface area is 465 Å². The van der Waals surface area contributed by atoms with E-state index in [4.69, 9.17) is 23.7 Å². The number of fused-ring (bicyclic) bond motifs is 5. The van der Waals surface area contributed by atoms with Crippen LogP contribution in [0.1, 0.15) is 160 Å². The fourth-order valence-corrected chi connectivity index (χ4v) is 14.8. The number of ether oxygens (including phenoxy) is 5. The van der Waals surface area contributed by atoms with Crippen LogP contribution in [0.5, 0.6) is 11.5 Å². The Hall–Kier alpha value is -5.27. The number of likely N-dealkylation sites (N-methyl/N-ethyl adjacent to an activating group) is 1. The van der Waals surface area contributed by atoms with E-state index in [2.05, 4.69) is 50.9 Å². The lowest BCUT2D eigenvalue weighted by Crippen LogP contribution is -2.51.